The Bertz CT molecular complexity index is 1300. The van der Waals surface area contributed by atoms with Crippen molar-refractivity contribution in [3.63, 3.8) is 0 Å². The van der Waals surface area contributed by atoms with Crippen LogP contribution < -0.4 is 21.3 Å². The normalized spacial score (nSPS) is 11.2. The van der Waals surface area contributed by atoms with Gasteiger partial charge in [-0.15, -0.1) is 0 Å². The summed E-state index contributed by atoms with van der Waals surface area (Å²) < 4.78 is 5.73. The van der Waals surface area contributed by atoms with E-state index in [1.54, 1.807) is 37.5 Å². The van der Waals surface area contributed by atoms with Gasteiger partial charge in [0.2, 0.25) is 5.78 Å². The van der Waals surface area contributed by atoms with Gasteiger partial charge in [-0.3, -0.25) is 20.4 Å². The molecule has 0 fully saturated rings. The zero-order valence-electron chi connectivity index (χ0n) is 16.8. The highest BCUT2D eigenvalue weighted by Crippen LogP contribution is 2.28. The van der Waals surface area contributed by atoms with E-state index < -0.39 is 5.91 Å². The van der Waals surface area contributed by atoms with E-state index in [-0.39, 0.29) is 23.7 Å². The van der Waals surface area contributed by atoms with E-state index in [1.807, 2.05) is 24.3 Å². The quantitative estimate of drug-likeness (QED) is 0.249. The number of benzene rings is 3. The summed E-state index contributed by atoms with van der Waals surface area (Å²) in [5, 5.41) is 2.95. The number of primary amides is 1. The second-order valence-electron chi connectivity index (χ2n) is 7.10. The number of Topliss-reactive ketones (excluding diaryl/α,β-unsaturated/α-hetero) is 1. The molecule has 0 aliphatic heterocycles. The van der Waals surface area contributed by atoms with Gasteiger partial charge in [-0.25, -0.2) is 0 Å². The minimum atomic E-state index is -0.640. The Morgan fingerprint density at radius 2 is 1.90 bits per heavy atom. The summed E-state index contributed by atoms with van der Waals surface area (Å²) >= 11 is 6.03. The Labute approximate surface area is 183 Å². The molecule has 0 spiro atoms. The third-order valence-corrected chi connectivity index (χ3v) is 5.28. The summed E-state index contributed by atoms with van der Waals surface area (Å²) in [5.41, 5.74) is 14.1. The molecule has 5 N–H and O–H groups in total. The fourth-order valence-electron chi connectivity index (χ4n) is 3.49. The SMILES string of the molecule is CNNCc1ccc2c(C(=O)COc3cc4ccc(Cl)cc4cc3C(N)=O)c[nH]c2c1. The Morgan fingerprint density at radius 3 is 2.68 bits per heavy atom. The number of rotatable bonds is 8. The van der Waals surface area contributed by atoms with E-state index in [4.69, 9.17) is 22.1 Å². The van der Waals surface area contributed by atoms with Crippen molar-refractivity contribution >= 4 is 45.0 Å². The zero-order valence-corrected chi connectivity index (χ0v) is 17.5. The molecule has 0 radical (unpaired) electrons. The molecular weight excluding hydrogens is 416 g/mol. The first-order valence-corrected chi connectivity index (χ1v) is 10.0. The summed E-state index contributed by atoms with van der Waals surface area (Å²) in [7, 11) is 1.80. The van der Waals surface area contributed by atoms with Crippen molar-refractivity contribution in [1.29, 1.82) is 0 Å². The van der Waals surface area contributed by atoms with Crippen LogP contribution >= 0.6 is 11.6 Å². The summed E-state index contributed by atoms with van der Waals surface area (Å²) in [4.78, 5) is 27.9. The molecule has 4 rings (SSSR count). The Morgan fingerprint density at radius 1 is 1.06 bits per heavy atom. The van der Waals surface area contributed by atoms with Gasteiger partial charge in [-0.2, -0.15) is 0 Å². The lowest BCUT2D eigenvalue weighted by molar-refractivity contribution is 0.0914. The molecule has 1 heterocycles. The third-order valence-electron chi connectivity index (χ3n) is 5.04. The van der Waals surface area contributed by atoms with Crippen LogP contribution in [0.15, 0.2) is 54.7 Å². The first-order valence-electron chi connectivity index (χ1n) is 9.65. The van der Waals surface area contributed by atoms with Crippen LogP contribution in [0, 0.1) is 0 Å². The van der Waals surface area contributed by atoms with Crippen molar-refractivity contribution in [2.24, 2.45) is 5.73 Å². The van der Waals surface area contributed by atoms with E-state index in [2.05, 4.69) is 15.8 Å². The van der Waals surface area contributed by atoms with E-state index >= 15 is 0 Å². The number of carbonyl (C=O) groups excluding carboxylic acids is 2. The average molecular weight is 437 g/mol. The number of H-pyrrole nitrogens is 1. The second kappa shape index (κ2) is 8.77. The number of ketones is 1. The van der Waals surface area contributed by atoms with Gasteiger partial charge in [0, 0.05) is 34.2 Å². The van der Waals surface area contributed by atoms with Crippen LogP contribution in [0.2, 0.25) is 5.02 Å². The summed E-state index contributed by atoms with van der Waals surface area (Å²) in [6.07, 6.45) is 1.67. The highest BCUT2D eigenvalue weighted by atomic mass is 35.5. The number of amides is 1. The number of hydrogen-bond acceptors (Lipinski definition) is 5. The van der Waals surface area contributed by atoms with Crippen LogP contribution in [0.4, 0.5) is 0 Å². The van der Waals surface area contributed by atoms with Gasteiger partial charge in [0.15, 0.2) is 6.61 Å². The molecule has 3 aromatic carbocycles. The van der Waals surface area contributed by atoms with E-state index in [1.165, 1.54) is 0 Å². The fourth-order valence-corrected chi connectivity index (χ4v) is 3.67. The molecule has 7 nitrogen and oxygen atoms in total. The molecule has 158 valence electrons. The molecule has 1 aromatic heterocycles. The largest absolute Gasteiger partial charge is 0.485 e. The topological polar surface area (TPSA) is 109 Å². The number of hydrazine groups is 1. The number of aromatic amines is 1. The lowest BCUT2D eigenvalue weighted by Gasteiger charge is -2.11. The maximum atomic E-state index is 12.8. The lowest BCUT2D eigenvalue weighted by Crippen LogP contribution is -2.26. The fraction of sp³-hybridized carbons (Fsp3) is 0.130. The molecule has 0 saturated carbocycles. The molecule has 31 heavy (non-hydrogen) atoms. The van der Waals surface area contributed by atoms with Crippen LogP contribution in [0.3, 0.4) is 0 Å². The smallest absolute Gasteiger partial charge is 0.252 e. The lowest BCUT2D eigenvalue weighted by atomic mass is 10.1. The van der Waals surface area contributed by atoms with Crippen molar-refractivity contribution in [3.8, 4) is 5.75 Å². The van der Waals surface area contributed by atoms with Crippen molar-refractivity contribution in [2.75, 3.05) is 13.7 Å². The van der Waals surface area contributed by atoms with Crippen molar-refractivity contribution in [2.45, 2.75) is 6.54 Å². The predicted molar refractivity (Wildman–Crippen MR) is 121 cm³/mol. The van der Waals surface area contributed by atoms with Gasteiger partial charge < -0.3 is 15.5 Å². The maximum absolute atomic E-state index is 12.8. The van der Waals surface area contributed by atoms with Crippen LogP contribution in [0.1, 0.15) is 26.3 Å². The summed E-state index contributed by atoms with van der Waals surface area (Å²) in [6, 6.07) is 14.5. The average Bonchev–Trinajstić information content (AvgIpc) is 3.18. The van der Waals surface area contributed by atoms with Gasteiger partial charge in [0.25, 0.3) is 5.91 Å². The molecule has 0 aliphatic rings. The molecule has 4 aromatic rings. The molecular formula is C23H21ClN4O3. The van der Waals surface area contributed by atoms with Gasteiger partial charge >= 0.3 is 0 Å². The van der Waals surface area contributed by atoms with Gasteiger partial charge in [-0.1, -0.05) is 29.8 Å². The van der Waals surface area contributed by atoms with Crippen LogP contribution in [-0.4, -0.2) is 30.3 Å². The highest BCUT2D eigenvalue weighted by molar-refractivity contribution is 6.31. The first-order chi connectivity index (χ1) is 15.0. The molecule has 0 atom stereocenters. The predicted octanol–water partition coefficient (Wildman–Crippen LogP) is 3.56. The van der Waals surface area contributed by atoms with Gasteiger partial charge in [0.1, 0.15) is 5.75 Å². The summed E-state index contributed by atoms with van der Waals surface area (Å²) in [5.74, 6) is -0.589. The first kappa shape index (κ1) is 20.9. The van der Waals surface area contributed by atoms with Crippen LogP contribution in [0.5, 0.6) is 5.75 Å². The molecule has 0 aliphatic carbocycles. The second-order valence-corrected chi connectivity index (χ2v) is 7.54. The third kappa shape index (κ3) is 4.39. The minimum Gasteiger partial charge on any atom is -0.485 e. The standard InChI is InChI=1S/C23H21ClN4O3/c1-26-28-10-13-2-5-17-19(11-27-20(17)6-13)21(29)12-31-22-9-14-3-4-16(24)7-15(14)8-18(22)23(25)30/h2-9,11,26-28H,10,12H2,1H3,(H2,25,30). The highest BCUT2D eigenvalue weighted by Gasteiger charge is 2.16. The van der Waals surface area contributed by atoms with Crippen molar-refractivity contribution < 1.29 is 14.3 Å². The number of nitrogens with one attached hydrogen (secondary N) is 3. The number of carbonyl (C=O) groups is 2. The van der Waals surface area contributed by atoms with Crippen LogP contribution in [-0.2, 0) is 6.54 Å². The summed E-state index contributed by atoms with van der Waals surface area (Å²) in [6.45, 7) is 0.427. The maximum Gasteiger partial charge on any atom is 0.252 e. The molecule has 0 saturated heterocycles. The molecule has 0 unspecified atom stereocenters. The van der Waals surface area contributed by atoms with Crippen molar-refractivity contribution in [1.82, 2.24) is 15.8 Å². The van der Waals surface area contributed by atoms with E-state index in [0.29, 0.717) is 17.1 Å². The monoisotopic (exact) mass is 436 g/mol. The Balaban J connectivity index is 1.57. The number of halogens is 1. The van der Waals surface area contributed by atoms with Gasteiger partial charge in [0.05, 0.1) is 5.56 Å². The number of fused-ring (bicyclic) bond motifs is 2. The van der Waals surface area contributed by atoms with E-state index in [0.717, 1.165) is 27.2 Å². The van der Waals surface area contributed by atoms with E-state index in [9.17, 15) is 9.59 Å². The number of ether oxygens (including phenoxy) is 1. The minimum absolute atomic E-state index is 0.197. The van der Waals surface area contributed by atoms with Gasteiger partial charge in [-0.05, 0) is 53.7 Å². The number of nitrogens with two attached hydrogens (primary N) is 1. The number of aromatic nitrogens is 1. The Hall–Kier alpha value is -3.39. The van der Waals surface area contributed by atoms with Crippen LogP contribution in [0.25, 0.3) is 21.7 Å². The number of hydrogen-bond donors (Lipinski definition) is 4. The molecule has 0 bridgehead atoms. The van der Waals surface area contributed by atoms with Crippen molar-refractivity contribution in [3.05, 3.63) is 76.4 Å². The molecule has 1 amide bonds. The Kier molecular flexibility index (Phi) is 5.90. The molecule has 8 heteroatoms. The zero-order chi connectivity index (χ0) is 22.0.